The lowest BCUT2D eigenvalue weighted by molar-refractivity contribution is 0.955. The van der Waals surface area contributed by atoms with Crippen LogP contribution >= 0.6 is 11.3 Å². The number of para-hydroxylation sites is 2. The van der Waals surface area contributed by atoms with E-state index in [2.05, 4.69) is 234 Å². The predicted octanol–water partition coefficient (Wildman–Crippen LogP) is 16.8. The molecule has 0 saturated heterocycles. The summed E-state index contributed by atoms with van der Waals surface area (Å²) in [5.41, 5.74) is 14.3. The molecule has 0 aliphatic carbocycles. The second kappa shape index (κ2) is 15.8. The van der Waals surface area contributed by atoms with Gasteiger partial charge in [0, 0.05) is 49.1 Å². The van der Waals surface area contributed by atoms with E-state index in [4.69, 9.17) is 15.0 Å². The molecular formula is C63H39N5S. The van der Waals surface area contributed by atoms with Crippen LogP contribution in [-0.2, 0) is 0 Å². The third-order valence-electron chi connectivity index (χ3n) is 13.6. The number of fused-ring (bicyclic) bond motifs is 11. The number of benzene rings is 10. The Morgan fingerprint density at radius 1 is 0.275 bits per heavy atom. The van der Waals surface area contributed by atoms with Crippen LogP contribution < -0.4 is 0 Å². The third-order valence-corrected chi connectivity index (χ3v) is 14.8. The van der Waals surface area contributed by atoms with Gasteiger partial charge in [0.1, 0.15) is 0 Å². The number of nitrogens with zero attached hydrogens (tertiary/aromatic N) is 5. The van der Waals surface area contributed by atoms with Crippen molar-refractivity contribution in [1.29, 1.82) is 0 Å². The van der Waals surface area contributed by atoms with E-state index >= 15 is 0 Å². The minimum atomic E-state index is 0.569. The largest absolute Gasteiger partial charge is 0.308 e. The molecule has 10 aromatic carbocycles. The highest BCUT2D eigenvalue weighted by atomic mass is 32.1. The molecule has 14 aromatic rings. The minimum absolute atomic E-state index is 0.569. The smallest absolute Gasteiger partial charge is 0.238 e. The molecule has 0 atom stereocenters. The predicted molar refractivity (Wildman–Crippen MR) is 289 cm³/mol. The van der Waals surface area contributed by atoms with Gasteiger partial charge in [0.25, 0.3) is 0 Å². The molecule has 0 bridgehead atoms. The molecule has 0 aliphatic heterocycles. The normalized spacial score (nSPS) is 11.8. The third kappa shape index (κ3) is 6.41. The van der Waals surface area contributed by atoms with E-state index in [1.165, 1.54) is 53.1 Å². The summed E-state index contributed by atoms with van der Waals surface area (Å²) in [6.07, 6.45) is 0. The Kier molecular flexibility index (Phi) is 9.00. The summed E-state index contributed by atoms with van der Waals surface area (Å²) in [7, 11) is 0. The maximum atomic E-state index is 5.45. The fourth-order valence-electron chi connectivity index (χ4n) is 10.4. The second-order valence-electron chi connectivity index (χ2n) is 17.6. The molecule has 0 radical (unpaired) electrons. The van der Waals surface area contributed by atoms with E-state index in [0.717, 1.165) is 60.9 Å². The van der Waals surface area contributed by atoms with Gasteiger partial charge in [-0.25, -0.2) is 4.98 Å². The first-order valence-electron chi connectivity index (χ1n) is 23.3. The van der Waals surface area contributed by atoms with Gasteiger partial charge in [-0.2, -0.15) is 9.97 Å². The fraction of sp³-hybridized carbons (Fsp3) is 0. The van der Waals surface area contributed by atoms with E-state index < -0.39 is 0 Å². The van der Waals surface area contributed by atoms with Crippen molar-refractivity contribution in [1.82, 2.24) is 24.1 Å². The topological polar surface area (TPSA) is 48.5 Å². The summed E-state index contributed by atoms with van der Waals surface area (Å²) in [6, 6.07) is 84.3. The van der Waals surface area contributed by atoms with Crippen LogP contribution in [0.25, 0.3) is 132 Å². The fourth-order valence-corrected chi connectivity index (χ4v) is 11.7. The van der Waals surface area contributed by atoms with Crippen LogP contribution in [0.5, 0.6) is 0 Å². The molecule has 0 saturated carbocycles. The van der Waals surface area contributed by atoms with E-state index in [1.807, 2.05) is 23.5 Å². The molecule has 6 heteroatoms. The molecule has 4 heterocycles. The zero-order valence-electron chi connectivity index (χ0n) is 37.2. The van der Waals surface area contributed by atoms with Crippen molar-refractivity contribution in [2.45, 2.75) is 0 Å². The van der Waals surface area contributed by atoms with Gasteiger partial charge in [0.05, 0.1) is 31.5 Å². The van der Waals surface area contributed by atoms with Crippen LogP contribution in [0.15, 0.2) is 237 Å². The molecule has 0 spiro atoms. The molecule has 322 valence electrons. The Labute approximate surface area is 401 Å². The molecular weight excluding hydrogens is 859 g/mol. The van der Waals surface area contributed by atoms with Crippen LogP contribution in [0, 0.1) is 0 Å². The van der Waals surface area contributed by atoms with Crippen molar-refractivity contribution in [3.63, 3.8) is 0 Å². The lowest BCUT2D eigenvalue weighted by Crippen LogP contribution is -2.06. The second-order valence-corrected chi connectivity index (χ2v) is 18.6. The molecule has 0 N–H and O–H groups in total. The SMILES string of the molecule is c1ccc(-c2ccc(-n3c4ccccc4c4ccc5c6ccc7c8ccccc8n(-c8nc(-c9cccc(-c%10ccccc%10)c9)nc(-c9cccc(-c%10ccccc%10)c9)n8)c7c6sc5c43)cc2)cc1. The first-order chi connectivity index (χ1) is 34.2. The summed E-state index contributed by atoms with van der Waals surface area (Å²) in [5.74, 6) is 1.79. The van der Waals surface area contributed by atoms with E-state index in [-0.39, 0.29) is 0 Å². The van der Waals surface area contributed by atoms with Gasteiger partial charge < -0.3 is 4.57 Å². The highest BCUT2D eigenvalue weighted by Crippen LogP contribution is 2.47. The van der Waals surface area contributed by atoms with Crippen LogP contribution in [0.2, 0.25) is 0 Å². The zero-order chi connectivity index (χ0) is 45.4. The number of rotatable bonds is 7. The highest BCUT2D eigenvalue weighted by molar-refractivity contribution is 7.27. The van der Waals surface area contributed by atoms with Gasteiger partial charge in [-0.1, -0.05) is 200 Å². The Bertz CT molecular complexity index is 4180. The van der Waals surface area contributed by atoms with Crippen LogP contribution in [0.4, 0.5) is 0 Å². The Hall–Kier alpha value is -8.97. The summed E-state index contributed by atoms with van der Waals surface area (Å²) >= 11 is 1.86. The van der Waals surface area contributed by atoms with Gasteiger partial charge in [-0.3, -0.25) is 4.57 Å². The van der Waals surface area contributed by atoms with Gasteiger partial charge in [0.15, 0.2) is 11.6 Å². The Morgan fingerprint density at radius 3 is 1.19 bits per heavy atom. The first kappa shape index (κ1) is 39.2. The van der Waals surface area contributed by atoms with Crippen molar-refractivity contribution in [3.8, 4) is 67.8 Å². The van der Waals surface area contributed by atoms with Crippen molar-refractivity contribution in [3.05, 3.63) is 237 Å². The summed E-state index contributed by atoms with van der Waals surface area (Å²) < 4.78 is 7.17. The zero-order valence-corrected chi connectivity index (χ0v) is 38.0. The molecule has 14 rings (SSSR count). The number of thiophene rings is 1. The Morgan fingerprint density at radius 2 is 0.667 bits per heavy atom. The first-order valence-corrected chi connectivity index (χ1v) is 24.1. The van der Waals surface area contributed by atoms with Crippen molar-refractivity contribution in [2.24, 2.45) is 0 Å². The lowest BCUT2D eigenvalue weighted by Gasteiger charge is -2.12. The van der Waals surface area contributed by atoms with Gasteiger partial charge in [0.2, 0.25) is 5.95 Å². The monoisotopic (exact) mass is 897 g/mol. The van der Waals surface area contributed by atoms with E-state index in [0.29, 0.717) is 17.6 Å². The number of hydrogen-bond acceptors (Lipinski definition) is 4. The molecule has 0 fully saturated rings. The maximum absolute atomic E-state index is 5.45. The molecule has 4 aromatic heterocycles. The van der Waals surface area contributed by atoms with E-state index in [1.54, 1.807) is 0 Å². The number of aromatic nitrogens is 5. The van der Waals surface area contributed by atoms with Crippen LogP contribution in [-0.4, -0.2) is 24.1 Å². The van der Waals surface area contributed by atoms with Crippen LogP contribution in [0.1, 0.15) is 0 Å². The molecule has 0 amide bonds. The molecule has 0 unspecified atom stereocenters. The van der Waals surface area contributed by atoms with Crippen molar-refractivity contribution < 1.29 is 0 Å². The van der Waals surface area contributed by atoms with Crippen molar-refractivity contribution >= 4 is 75.1 Å². The number of hydrogen-bond donors (Lipinski definition) is 0. The summed E-state index contributed by atoms with van der Waals surface area (Å²) in [5, 5.41) is 7.18. The highest BCUT2D eigenvalue weighted by Gasteiger charge is 2.24. The molecule has 5 nitrogen and oxygen atoms in total. The van der Waals surface area contributed by atoms with Crippen molar-refractivity contribution in [2.75, 3.05) is 0 Å². The average molecular weight is 898 g/mol. The average Bonchev–Trinajstić information content (AvgIpc) is 4.10. The van der Waals surface area contributed by atoms with Gasteiger partial charge in [-0.05, 0) is 69.8 Å². The van der Waals surface area contributed by atoms with E-state index in [9.17, 15) is 0 Å². The molecule has 69 heavy (non-hydrogen) atoms. The standard InChI is InChI=1S/C63H39N5S/c1-4-16-40(17-5-1)43-30-32-48(33-31-43)67-55-28-12-10-26-49(55)51-34-36-53-54-37-35-52-50-27-11-13-29-56(50)68(58(52)60(54)69-59(53)57(51)67)63-65-61(46-24-14-22-44(38-46)41-18-6-2-7-19-41)64-62(66-63)47-25-15-23-45(39-47)42-20-8-3-9-21-42/h1-39H. The van der Waals surface area contributed by atoms with Crippen LogP contribution in [0.3, 0.4) is 0 Å². The quantitative estimate of drug-likeness (QED) is 0.160. The molecule has 0 aliphatic rings. The Balaban J connectivity index is 1.04. The van der Waals surface area contributed by atoms with Gasteiger partial charge in [-0.15, -0.1) is 11.3 Å². The lowest BCUT2D eigenvalue weighted by atomic mass is 10.0. The minimum Gasteiger partial charge on any atom is -0.308 e. The maximum Gasteiger partial charge on any atom is 0.238 e. The summed E-state index contributed by atoms with van der Waals surface area (Å²) in [6.45, 7) is 0. The van der Waals surface area contributed by atoms with Gasteiger partial charge >= 0.3 is 0 Å². The summed E-state index contributed by atoms with van der Waals surface area (Å²) in [4.78, 5) is 16.2.